The van der Waals surface area contributed by atoms with E-state index in [9.17, 15) is 14.4 Å². The standard InChI is InChI=1S/C20H30N4O4/c25-18(5-3-1-2-4-6-19(26)24-28)22-16-9-7-15(8-10-16)20(27)23-17-11-13-21-14-12-17/h7-10,17,21,28H,1-6,11-14H2,(H,22,25)(H,23,27)(H,24,26). The molecule has 1 aliphatic rings. The van der Waals surface area contributed by atoms with Crippen molar-refractivity contribution >= 4 is 23.4 Å². The molecule has 1 aromatic rings. The van der Waals surface area contributed by atoms with Crippen LogP contribution in [0, 0.1) is 0 Å². The summed E-state index contributed by atoms with van der Waals surface area (Å²) in [4.78, 5) is 35.1. The Kier molecular flexibility index (Phi) is 9.44. The first-order valence-electron chi connectivity index (χ1n) is 9.93. The van der Waals surface area contributed by atoms with Gasteiger partial charge in [-0.05, 0) is 63.0 Å². The second-order valence-corrected chi connectivity index (χ2v) is 7.07. The molecule has 8 heteroatoms. The van der Waals surface area contributed by atoms with Crippen LogP contribution in [0.3, 0.4) is 0 Å². The lowest BCUT2D eigenvalue weighted by molar-refractivity contribution is -0.129. The average molecular weight is 390 g/mol. The zero-order valence-electron chi connectivity index (χ0n) is 16.1. The van der Waals surface area contributed by atoms with Gasteiger partial charge in [-0.1, -0.05) is 12.8 Å². The van der Waals surface area contributed by atoms with Crippen LogP contribution in [0.5, 0.6) is 0 Å². The number of anilines is 1. The van der Waals surface area contributed by atoms with Gasteiger partial charge in [-0.25, -0.2) is 5.48 Å². The van der Waals surface area contributed by atoms with Gasteiger partial charge in [0.25, 0.3) is 5.91 Å². The molecule has 1 aliphatic heterocycles. The third-order valence-corrected chi connectivity index (χ3v) is 4.79. The van der Waals surface area contributed by atoms with Gasteiger partial charge in [0.15, 0.2) is 0 Å². The van der Waals surface area contributed by atoms with E-state index in [0.29, 0.717) is 30.5 Å². The topological polar surface area (TPSA) is 120 Å². The molecule has 1 saturated heterocycles. The first kappa shape index (κ1) is 21.8. The number of nitrogens with one attached hydrogen (secondary N) is 4. The molecule has 0 radical (unpaired) electrons. The summed E-state index contributed by atoms with van der Waals surface area (Å²) >= 11 is 0. The van der Waals surface area contributed by atoms with Gasteiger partial charge in [-0.3, -0.25) is 19.6 Å². The fourth-order valence-electron chi connectivity index (χ4n) is 3.14. The number of hydrogen-bond acceptors (Lipinski definition) is 5. The highest BCUT2D eigenvalue weighted by molar-refractivity contribution is 5.96. The summed E-state index contributed by atoms with van der Waals surface area (Å²) in [6.45, 7) is 1.85. The largest absolute Gasteiger partial charge is 0.349 e. The normalized spacial score (nSPS) is 14.3. The fraction of sp³-hybridized carbons (Fsp3) is 0.550. The molecular weight excluding hydrogens is 360 g/mol. The summed E-state index contributed by atoms with van der Waals surface area (Å²) in [7, 11) is 0. The average Bonchev–Trinajstić information content (AvgIpc) is 2.71. The molecule has 0 bridgehead atoms. The number of carbonyl (C=O) groups excluding carboxylic acids is 3. The summed E-state index contributed by atoms with van der Waals surface area (Å²) in [5, 5.41) is 17.5. The number of hydrogen-bond donors (Lipinski definition) is 5. The van der Waals surface area contributed by atoms with Crippen molar-refractivity contribution in [3.63, 3.8) is 0 Å². The van der Waals surface area contributed by atoms with Crippen molar-refractivity contribution in [2.75, 3.05) is 18.4 Å². The maximum absolute atomic E-state index is 12.3. The molecule has 2 rings (SSSR count). The Balaban J connectivity index is 1.65. The van der Waals surface area contributed by atoms with Crippen molar-refractivity contribution in [2.24, 2.45) is 0 Å². The summed E-state index contributed by atoms with van der Waals surface area (Å²) in [6, 6.07) is 7.13. The van der Waals surface area contributed by atoms with E-state index in [2.05, 4.69) is 16.0 Å². The van der Waals surface area contributed by atoms with Crippen molar-refractivity contribution in [1.29, 1.82) is 0 Å². The molecular formula is C20H30N4O4. The van der Waals surface area contributed by atoms with Crippen molar-refractivity contribution < 1.29 is 19.6 Å². The van der Waals surface area contributed by atoms with Crippen LogP contribution in [0.1, 0.15) is 61.7 Å². The van der Waals surface area contributed by atoms with Crippen molar-refractivity contribution in [2.45, 2.75) is 57.4 Å². The Morgan fingerprint density at radius 2 is 1.54 bits per heavy atom. The molecule has 0 atom stereocenters. The van der Waals surface area contributed by atoms with Crippen LogP contribution in [0.4, 0.5) is 5.69 Å². The van der Waals surface area contributed by atoms with Crippen molar-refractivity contribution in [1.82, 2.24) is 16.1 Å². The molecule has 0 unspecified atom stereocenters. The lowest BCUT2D eigenvalue weighted by atomic mass is 10.1. The number of amides is 3. The number of piperidine rings is 1. The monoisotopic (exact) mass is 390 g/mol. The van der Waals surface area contributed by atoms with Gasteiger partial charge in [0.05, 0.1) is 0 Å². The van der Waals surface area contributed by atoms with Crippen LogP contribution in [-0.2, 0) is 9.59 Å². The van der Waals surface area contributed by atoms with E-state index < -0.39 is 0 Å². The Bertz CT molecular complexity index is 642. The van der Waals surface area contributed by atoms with E-state index in [0.717, 1.165) is 45.2 Å². The van der Waals surface area contributed by atoms with E-state index in [-0.39, 0.29) is 23.8 Å². The maximum Gasteiger partial charge on any atom is 0.251 e. The minimum absolute atomic E-state index is 0.0694. The van der Waals surface area contributed by atoms with Crippen LogP contribution >= 0.6 is 0 Å². The Morgan fingerprint density at radius 1 is 0.929 bits per heavy atom. The third-order valence-electron chi connectivity index (χ3n) is 4.79. The van der Waals surface area contributed by atoms with E-state index in [1.54, 1.807) is 29.7 Å². The van der Waals surface area contributed by atoms with E-state index in [4.69, 9.17) is 5.21 Å². The highest BCUT2D eigenvalue weighted by Crippen LogP contribution is 2.12. The van der Waals surface area contributed by atoms with Gasteiger partial charge in [0.2, 0.25) is 11.8 Å². The number of rotatable bonds is 10. The summed E-state index contributed by atoms with van der Waals surface area (Å²) in [5.41, 5.74) is 2.86. The lowest BCUT2D eigenvalue weighted by Crippen LogP contribution is -2.42. The molecule has 0 saturated carbocycles. The van der Waals surface area contributed by atoms with Gasteiger partial charge < -0.3 is 16.0 Å². The van der Waals surface area contributed by atoms with Crippen molar-refractivity contribution in [3.8, 4) is 0 Å². The first-order valence-corrected chi connectivity index (χ1v) is 9.93. The van der Waals surface area contributed by atoms with Crippen LogP contribution in [0.2, 0.25) is 0 Å². The Morgan fingerprint density at radius 3 is 2.14 bits per heavy atom. The van der Waals surface area contributed by atoms with E-state index in [1.165, 1.54) is 0 Å². The minimum Gasteiger partial charge on any atom is -0.349 e. The molecule has 0 aliphatic carbocycles. The Hall–Kier alpha value is -2.45. The van der Waals surface area contributed by atoms with Gasteiger partial charge in [-0.15, -0.1) is 0 Å². The zero-order chi connectivity index (χ0) is 20.2. The number of carbonyl (C=O) groups is 3. The summed E-state index contributed by atoms with van der Waals surface area (Å²) in [6.07, 6.45) is 5.69. The molecule has 1 aromatic carbocycles. The van der Waals surface area contributed by atoms with Crippen LogP contribution in [0.25, 0.3) is 0 Å². The molecule has 0 spiro atoms. The minimum atomic E-state index is -0.384. The quantitative estimate of drug-likeness (QED) is 0.238. The predicted octanol–water partition coefficient (Wildman–Crippen LogP) is 1.95. The van der Waals surface area contributed by atoms with Gasteiger partial charge in [-0.2, -0.15) is 0 Å². The Labute approximate surface area is 165 Å². The maximum atomic E-state index is 12.3. The van der Waals surface area contributed by atoms with Gasteiger partial charge in [0, 0.05) is 30.1 Å². The summed E-state index contributed by atoms with van der Waals surface area (Å²) in [5.74, 6) is -0.537. The molecule has 154 valence electrons. The predicted molar refractivity (Wildman–Crippen MR) is 106 cm³/mol. The molecule has 28 heavy (non-hydrogen) atoms. The van der Waals surface area contributed by atoms with Crippen molar-refractivity contribution in [3.05, 3.63) is 29.8 Å². The lowest BCUT2D eigenvalue weighted by Gasteiger charge is -2.23. The molecule has 1 fully saturated rings. The molecule has 8 nitrogen and oxygen atoms in total. The SMILES string of the molecule is O=C(CCCCCCC(=O)Nc1ccc(C(=O)NC2CCNCC2)cc1)NO. The van der Waals surface area contributed by atoms with Crippen LogP contribution in [-0.4, -0.2) is 42.1 Å². The highest BCUT2D eigenvalue weighted by Gasteiger charge is 2.16. The number of benzene rings is 1. The van der Waals surface area contributed by atoms with Crippen LogP contribution in [0.15, 0.2) is 24.3 Å². The second kappa shape index (κ2) is 12.1. The van der Waals surface area contributed by atoms with E-state index >= 15 is 0 Å². The fourth-order valence-corrected chi connectivity index (χ4v) is 3.14. The first-order chi connectivity index (χ1) is 13.6. The highest BCUT2D eigenvalue weighted by atomic mass is 16.5. The van der Waals surface area contributed by atoms with Gasteiger partial charge >= 0.3 is 0 Å². The van der Waals surface area contributed by atoms with Gasteiger partial charge in [0.1, 0.15) is 0 Å². The number of hydroxylamine groups is 1. The smallest absolute Gasteiger partial charge is 0.251 e. The summed E-state index contributed by atoms with van der Waals surface area (Å²) < 4.78 is 0. The molecule has 1 heterocycles. The second-order valence-electron chi connectivity index (χ2n) is 7.07. The third kappa shape index (κ3) is 8.06. The zero-order valence-corrected chi connectivity index (χ0v) is 16.1. The molecule has 0 aromatic heterocycles. The van der Waals surface area contributed by atoms with E-state index in [1.807, 2.05) is 0 Å². The molecule has 3 amide bonds. The molecule has 5 N–H and O–H groups in total. The van der Waals surface area contributed by atoms with Crippen LogP contribution < -0.4 is 21.4 Å². The number of unbranched alkanes of at least 4 members (excludes halogenated alkanes) is 3.